The lowest BCUT2D eigenvalue weighted by atomic mass is 10.1. The highest BCUT2D eigenvalue weighted by Crippen LogP contribution is 2.27. The number of carbonyl (C=O) groups is 1. The Labute approximate surface area is 204 Å². The molecule has 0 aliphatic rings. The van der Waals surface area contributed by atoms with Gasteiger partial charge in [-0.05, 0) is 49.4 Å². The van der Waals surface area contributed by atoms with E-state index in [4.69, 9.17) is 5.73 Å². The summed E-state index contributed by atoms with van der Waals surface area (Å²) < 4.78 is 56.9. The molecule has 0 unspecified atom stereocenters. The number of amides is 1. The number of carbonyl (C=O) groups excluding carboxylic acids is 1. The van der Waals surface area contributed by atoms with Crippen LogP contribution < -0.4 is 21.2 Å². The first-order chi connectivity index (χ1) is 17.1. The van der Waals surface area contributed by atoms with E-state index in [-0.39, 0.29) is 38.7 Å². The number of nitrogens with two attached hydrogens (primary N) is 1. The van der Waals surface area contributed by atoms with Gasteiger partial charge in [0.1, 0.15) is 28.7 Å². The summed E-state index contributed by atoms with van der Waals surface area (Å²) >= 11 is 0. The zero-order valence-electron chi connectivity index (χ0n) is 19.2. The maximum Gasteiger partial charge on any atom is 0.262 e. The van der Waals surface area contributed by atoms with Crippen molar-refractivity contribution in [2.45, 2.75) is 18.4 Å². The van der Waals surface area contributed by atoms with Crippen LogP contribution in [0.2, 0.25) is 0 Å². The molecule has 9 nitrogen and oxygen atoms in total. The topological polar surface area (TPSA) is 136 Å². The minimum atomic E-state index is -4.23. The highest BCUT2D eigenvalue weighted by molar-refractivity contribution is 7.92. The van der Waals surface area contributed by atoms with Crippen molar-refractivity contribution in [2.24, 2.45) is 0 Å². The smallest absolute Gasteiger partial charge is 0.262 e. The van der Waals surface area contributed by atoms with Crippen molar-refractivity contribution >= 4 is 38.5 Å². The van der Waals surface area contributed by atoms with Crippen LogP contribution >= 0.6 is 0 Å². The number of aromatic nitrogens is 2. The van der Waals surface area contributed by atoms with Gasteiger partial charge in [-0.1, -0.05) is 12.1 Å². The second-order valence-electron chi connectivity index (χ2n) is 7.74. The van der Waals surface area contributed by atoms with Gasteiger partial charge in [0.25, 0.3) is 15.9 Å². The van der Waals surface area contributed by atoms with Crippen LogP contribution in [0.25, 0.3) is 22.3 Å². The molecule has 0 aliphatic carbocycles. The zero-order valence-corrected chi connectivity index (χ0v) is 20.0. The third-order valence-electron chi connectivity index (χ3n) is 5.54. The van der Waals surface area contributed by atoms with Gasteiger partial charge in [0.05, 0.1) is 21.7 Å². The Morgan fingerprint density at radius 1 is 1.11 bits per heavy atom. The van der Waals surface area contributed by atoms with E-state index in [1.54, 1.807) is 6.92 Å². The maximum atomic E-state index is 14.9. The van der Waals surface area contributed by atoms with E-state index in [2.05, 4.69) is 15.0 Å². The third-order valence-corrected chi connectivity index (χ3v) is 6.90. The lowest BCUT2D eigenvalue weighted by Crippen LogP contribution is -2.30. The molecule has 12 heteroatoms. The predicted molar refractivity (Wildman–Crippen MR) is 132 cm³/mol. The molecule has 36 heavy (non-hydrogen) atoms. The zero-order chi connectivity index (χ0) is 26.2. The van der Waals surface area contributed by atoms with Crippen LogP contribution in [0.5, 0.6) is 0 Å². The van der Waals surface area contributed by atoms with Crippen LogP contribution in [0.15, 0.2) is 64.3 Å². The van der Waals surface area contributed by atoms with Gasteiger partial charge in [-0.15, -0.1) is 0 Å². The summed E-state index contributed by atoms with van der Waals surface area (Å²) in [5, 5.41) is 2.56. The molecule has 0 aliphatic heterocycles. The number of aryl methyl sites for hydroxylation is 1. The molecule has 2 aromatic heterocycles. The molecule has 4 N–H and O–H groups in total. The lowest BCUT2D eigenvalue weighted by molar-refractivity contribution is 0.0962. The Morgan fingerprint density at radius 2 is 1.86 bits per heavy atom. The van der Waals surface area contributed by atoms with Crippen molar-refractivity contribution in [2.75, 3.05) is 17.5 Å². The summed E-state index contributed by atoms with van der Waals surface area (Å²) in [5.41, 5.74) is 5.78. The quantitative estimate of drug-likeness (QED) is 0.363. The molecule has 2 heterocycles. The van der Waals surface area contributed by atoms with E-state index in [0.29, 0.717) is 12.1 Å². The van der Waals surface area contributed by atoms with Gasteiger partial charge in [0, 0.05) is 19.2 Å². The van der Waals surface area contributed by atoms with E-state index in [1.807, 2.05) is 0 Å². The van der Waals surface area contributed by atoms with Gasteiger partial charge in [-0.3, -0.25) is 14.3 Å². The summed E-state index contributed by atoms with van der Waals surface area (Å²) in [6, 6.07) is 11.0. The molecular formula is C24H21F2N5O4S. The number of nitrogens with one attached hydrogen (secondary N) is 2. The highest BCUT2D eigenvalue weighted by atomic mass is 32.2. The second kappa shape index (κ2) is 9.38. The maximum absolute atomic E-state index is 14.9. The molecule has 0 spiro atoms. The summed E-state index contributed by atoms with van der Waals surface area (Å²) in [4.78, 5) is 29.2. The Hall–Kier alpha value is -4.32. The number of hydrogen-bond donors (Lipinski definition) is 3. The largest absolute Gasteiger partial charge is 0.384 e. The van der Waals surface area contributed by atoms with Crippen LogP contribution in [0.3, 0.4) is 0 Å². The number of nitrogens with zero attached hydrogens (tertiary/aromatic N) is 2. The number of pyridine rings is 2. The van der Waals surface area contributed by atoms with Crippen molar-refractivity contribution < 1.29 is 22.0 Å². The first-order valence-electron chi connectivity index (χ1n) is 10.7. The molecule has 1 amide bonds. The molecule has 0 radical (unpaired) electrons. The normalized spacial score (nSPS) is 11.4. The molecular weight excluding hydrogens is 492 g/mol. The fraction of sp³-hybridized carbons (Fsp3) is 0.125. The van der Waals surface area contributed by atoms with Gasteiger partial charge >= 0.3 is 0 Å². The van der Waals surface area contributed by atoms with Crippen LogP contribution in [0.1, 0.15) is 17.3 Å². The first-order valence-corrected chi connectivity index (χ1v) is 12.2. The second-order valence-corrected chi connectivity index (χ2v) is 9.42. The van der Waals surface area contributed by atoms with Gasteiger partial charge in [0.15, 0.2) is 0 Å². The SMILES string of the molecule is CCn1c(N)c(C(=O)NC)c(=O)c2ccc(-c3ccc(NS(=O)(=O)c4cccc(F)c4)c(F)c3)nc21. The van der Waals surface area contributed by atoms with Crippen LogP contribution in [0, 0.1) is 11.6 Å². The Kier molecular flexibility index (Phi) is 6.46. The van der Waals surface area contributed by atoms with E-state index in [9.17, 15) is 26.8 Å². The molecule has 0 bridgehead atoms. The standard InChI is InChI=1S/C24H21F2N5O4S/c1-3-31-22(27)20(24(33)28-2)21(32)16-8-10-18(29-23(16)31)13-7-9-19(17(26)11-13)30-36(34,35)15-6-4-5-14(25)12-15/h4-12,30H,3,27H2,1-2H3,(H,28,33). The fourth-order valence-electron chi connectivity index (χ4n) is 3.75. The van der Waals surface area contributed by atoms with Crippen molar-refractivity contribution in [3.8, 4) is 11.3 Å². The molecule has 0 saturated carbocycles. The highest BCUT2D eigenvalue weighted by Gasteiger charge is 2.21. The molecule has 4 rings (SSSR count). The Morgan fingerprint density at radius 3 is 2.50 bits per heavy atom. The minimum absolute atomic E-state index is 0.0488. The van der Waals surface area contributed by atoms with Crippen LogP contribution in [0.4, 0.5) is 20.3 Å². The number of fused-ring (bicyclic) bond motifs is 1. The van der Waals surface area contributed by atoms with Crippen molar-refractivity contribution in [1.82, 2.24) is 14.9 Å². The summed E-state index contributed by atoms with van der Waals surface area (Å²) in [6.45, 7) is 2.07. The molecule has 2 aromatic carbocycles. The monoisotopic (exact) mass is 513 g/mol. The van der Waals surface area contributed by atoms with E-state index in [1.165, 1.54) is 48.0 Å². The van der Waals surface area contributed by atoms with Gasteiger partial charge < -0.3 is 15.6 Å². The number of sulfonamides is 1. The van der Waals surface area contributed by atoms with Crippen LogP contribution in [-0.2, 0) is 16.6 Å². The number of halogens is 2. The molecule has 0 fully saturated rings. The molecule has 4 aromatic rings. The molecule has 0 atom stereocenters. The van der Waals surface area contributed by atoms with Crippen molar-refractivity contribution in [3.63, 3.8) is 0 Å². The number of benzene rings is 2. The van der Waals surface area contributed by atoms with Crippen molar-refractivity contribution in [1.29, 1.82) is 0 Å². The third kappa shape index (κ3) is 4.38. The van der Waals surface area contributed by atoms with Crippen molar-refractivity contribution in [3.05, 3.63) is 82.0 Å². The summed E-state index contributed by atoms with van der Waals surface area (Å²) in [6.07, 6.45) is 0. The van der Waals surface area contributed by atoms with E-state index >= 15 is 0 Å². The average molecular weight is 514 g/mol. The van der Waals surface area contributed by atoms with Gasteiger partial charge in [0.2, 0.25) is 5.43 Å². The predicted octanol–water partition coefficient (Wildman–Crippen LogP) is 3.10. The Bertz CT molecular complexity index is 1690. The van der Waals surface area contributed by atoms with E-state index in [0.717, 1.165) is 18.2 Å². The minimum Gasteiger partial charge on any atom is -0.384 e. The van der Waals surface area contributed by atoms with E-state index < -0.39 is 33.0 Å². The number of hydrogen-bond acceptors (Lipinski definition) is 6. The molecule has 186 valence electrons. The average Bonchev–Trinajstić information content (AvgIpc) is 2.85. The summed E-state index contributed by atoms with van der Waals surface area (Å²) in [7, 11) is -2.84. The van der Waals surface area contributed by atoms with Crippen LogP contribution in [-0.4, -0.2) is 30.9 Å². The van der Waals surface area contributed by atoms with Gasteiger partial charge in [-0.25, -0.2) is 22.2 Å². The molecule has 0 saturated heterocycles. The number of nitrogen functional groups attached to an aromatic ring is 1. The number of anilines is 2. The number of rotatable bonds is 6. The fourth-order valence-corrected chi connectivity index (χ4v) is 4.85. The summed E-state index contributed by atoms with van der Waals surface area (Å²) in [5.74, 6) is -2.31. The van der Waals surface area contributed by atoms with Gasteiger partial charge in [-0.2, -0.15) is 0 Å². The Balaban J connectivity index is 1.76. The first kappa shape index (κ1) is 24.8. The lowest BCUT2D eigenvalue weighted by Gasteiger charge is -2.16.